The molecule has 1 aliphatic rings. The molecule has 0 amide bonds. The van der Waals surface area contributed by atoms with Crippen molar-refractivity contribution in [3.8, 4) is 5.75 Å². The van der Waals surface area contributed by atoms with E-state index in [0.717, 1.165) is 49.3 Å². The second-order valence-corrected chi connectivity index (χ2v) is 7.12. The van der Waals surface area contributed by atoms with Crippen LogP contribution in [0.15, 0.2) is 53.0 Å². The molecular weight excluding hydrogens is 390 g/mol. The molecule has 1 fully saturated rings. The molecule has 1 aliphatic heterocycles. The highest BCUT2D eigenvalue weighted by molar-refractivity contribution is 9.10. The van der Waals surface area contributed by atoms with Crippen LogP contribution in [-0.4, -0.2) is 42.6 Å². The molecule has 0 spiro atoms. The zero-order valence-corrected chi connectivity index (χ0v) is 15.5. The Morgan fingerprint density at radius 1 is 0.880 bits per heavy atom. The summed E-state index contributed by atoms with van der Waals surface area (Å²) in [6.45, 7) is 3.08. The van der Waals surface area contributed by atoms with Crippen molar-refractivity contribution in [1.82, 2.24) is 9.80 Å². The van der Waals surface area contributed by atoms with Crippen molar-refractivity contribution in [2.24, 2.45) is 0 Å². The predicted molar refractivity (Wildman–Crippen MR) is 97.8 cm³/mol. The molecule has 0 atom stereocenters. The van der Waals surface area contributed by atoms with Crippen molar-refractivity contribution in [1.29, 1.82) is 0 Å². The first-order chi connectivity index (χ1) is 12.1. The summed E-state index contributed by atoms with van der Waals surface area (Å²) < 4.78 is 29.8. The molecule has 2 aromatic carbocycles. The summed E-state index contributed by atoms with van der Waals surface area (Å²) in [6, 6.07) is 15.3. The fourth-order valence-electron chi connectivity index (χ4n) is 3.03. The Morgan fingerprint density at radius 2 is 1.48 bits per heavy atom. The lowest BCUT2D eigenvalue weighted by atomic mass is 10.1. The Morgan fingerprint density at radius 3 is 2.04 bits per heavy atom. The van der Waals surface area contributed by atoms with E-state index in [4.69, 9.17) is 0 Å². The maximum Gasteiger partial charge on any atom is 0.387 e. The number of nitrogens with zero attached hydrogens (tertiary/aromatic N) is 2. The quantitative estimate of drug-likeness (QED) is 0.702. The van der Waals surface area contributed by atoms with Crippen molar-refractivity contribution >= 4 is 15.9 Å². The zero-order valence-electron chi connectivity index (χ0n) is 13.9. The normalized spacial score (nSPS) is 16.3. The SMILES string of the molecule is FC(F)Oc1ccc(CN2CCN(Cc3cccc(Br)c3)CC2)cc1. The Labute approximate surface area is 155 Å². The Kier molecular flexibility index (Phi) is 6.39. The molecule has 0 aliphatic carbocycles. The fourth-order valence-corrected chi connectivity index (χ4v) is 3.48. The molecule has 3 nitrogen and oxygen atoms in total. The van der Waals surface area contributed by atoms with Crippen LogP contribution in [0.5, 0.6) is 5.75 Å². The third-order valence-corrected chi connectivity index (χ3v) is 4.81. The number of hydrogen-bond donors (Lipinski definition) is 0. The van der Waals surface area contributed by atoms with E-state index < -0.39 is 6.61 Å². The van der Waals surface area contributed by atoms with E-state index in [1.165, 1.54) is 5.56 Å². The van der Waals surface area contributed by atoms with E-state index in [1.54, 1.807) is 12.1 Å². The van der Waals surface area contributed by atoms with E-state index in [1.807, 2.05) is 18.2 Å². The van der Waals surface area contributed by atoms with Crippen LogP contribution >= 0.6 is 15.9 Å². The van der Waals surface area contributed by atoms with E-state index >= 15 is 0 Å². The molecule has 1 saturated heterocycles. The molecule has 3 rings (SSSR count). The van der Waals surface area contributed by atoms with Crippen LogP contribution in [0.25, 0.3) is 0 Å². The molecule has 0 saturated carbocycles. The molecule has 6 heteroatoms. The van der Waals surface area contributed by atoms with Crippen LogP contribution in [0.3, 0.4) is 0 Å². The van der Waals surface area contributed by atoms with Gasteiger partial charge in [0.15, 0.2) is 0 Å². The van der Waals surface area contributed by atoms with Gasteiger partial charge in [-0.15, -0.1) is 0 Å². The van der Waals surface area contributed by atoms with Gasteiger partial charge in [-0.3, -0.25) is 9.80 Å². The Bertz CT molecular complexity index is 673. The second-order valence-electron chi connectivity index (χ2n) is 6.20. The topological polar surface area (TPSA) is 15.7 Å². The highest BCUT2D eigenvalue weighted by Crippen LogP contribution is 2.18. The third kappa shape index (κ3) is 5.76. The molecule has 0 N–H and O–H groups in total. The average Bonchev–Trinajstić information content (AvgIpc) is 2.58. The summed E-state index contributed by atoms with van der Waals surface area (Å²) in [5.41, 5.74) is 2.43. The minimum absolute atomic E-state index is 0.206. The van der Waals surface area contributed by atoms with E-state index in [-0.39, 0.29) is 5.75 Å². The molecule has 0 bridgehead atoms. The van der Waals surface area contributed by atoms with Crippen LogP contribution < -0.4 is 4.74 Å². The summed E-state index contributed by atoms with van der Waals surface area (Å²) in [7, 11) is 0. The molecule has 0 aromatic heterocycles. The van der Waals surface area contributed by atoms with Crippen LogP contribution in [0.4, 0.5) is 8.78 Å². The van der Waals surface area contributed by atoms with Crippen molar-refractivity contribution in [2.45, 2.75) is 19.7 Å². The highest BCUT2D eigenvalue weighted by atomic mass is 79.9. The Balaban J connectivity index is 1.46. The predicted octanol–water partition coefficient (Wildman–Crippen LogP) is 4.37. The largest absolute Gasteiger partial charge is 0.435 e. The minimum Gasteiger partial charge on any atom is -0.435 e. The van der Waals surface area contributed by atoms with E-state index in [0.29, 0.717) is 0 Å². The lowest BCUT2D eigenvalue weighted by Crippen LogP contribution is -2.45. The van der Waals surface area contributed by atoms with Crippen molar-refractivity contribution in [3.63, 3.8) is 0 Å². The maximum atomic E-state index is 12.2. The van der Waals surface area contributed by atoms with Gasteiger partial charge in [0, 0.05) is 43.7 Å². The van der Waals surface area contributed by atoms with Crippen molar-refractivity contribution in [3.05, 3.63) is 64.1 Å². The number of hydrogen-bond acceptors (Lipinski definition) is 3. The van der Waals surface area contributed by atoms with Crippen molar-refractivity contribution < 1.29 is 13.5 Å². The minimum atomic E-state index is -2.77. The summed E-state index contributed by atoms with van der Waals surface area (Å²) in [6.07, 6.45) is 0. The van der Waals surface area contributed by atoms with Crippen LogP contribution in [0.2, 0.25) is 0 Å². The zero-order chi connectivity index (χ0) is 17.6. The monoisotopic (exact) mass is 410 g/mol. The molecule has 2 aromatic rings. The van der Waals surface area contributed by atoms with Gasteiger partial charge in [0.05, 0.1) is 0 Å². The molecule has 1 heterocycles. The number of piperazine rings is 1. The second kappa shape index (κ2) is 8.74. The molecule has 0 unspecified atom stereocenters. The lowest BCUT2D eigenvalue weighted by molar-refractivity contribution is -0.0498. The smallest absolute Gasteiger partial charge is 0.387 e. The van der Waals surface area contributed by atoms with E-state index in [2.05, 4.69) is 48.7 Å². The number of rotatable bonds is 6. The summed E-state index contributed by atoms with van der Waals surface area (Å²) in [5, 5.41) is 0. The first-order valence-electron chi connectivity index (χ1n) is 8.31. The van der Waals surface area contributed by atoms with E-state index in [9.17, 15) is 8.78 Å². The van der Waals surface area contributed by atoms with Gasteiger partial charge < -0.3 is 4.74 Å². The first-order valence-corrected chi connectivity index (χ1v) is 9.11. The average molecular weight is 411 g/mol. The van der Waals surface area contributed by atoms with Gasteiger partial charge in [-0.05, 0) is 35.4 Å². The van der Waals surface area contributed by atoms with Crippen LogP contribution in [0.1, 0.15) is 11.1 Å². The number of alkyl halides is 2. The summed E-state index contributed by atoms with van der Waals surface area (Å²) in [5.74, 6) is 0.206. The lowest BCUT2D eigenvalue weighted by Gasteiger charge is -2.34. The van der Waals surface area contributed by atoms with Gasteiger partial charge in [-0.25, -0.2) is 0 Å². The number of halogens is 3. The first kappa shape index (κ1) is 18.3. The molecule has 25 heavy (non-hydrogen) atoms. The molecule has 134 valence electrons. The van der Waals surface area contributed by atoms with Crippen LogP contribution in [0, 0.1) is 0 Å². The summed E-state index contributed by atoms with van der Waals surface area (Å²) in [4.78, 5) is 4.85. The summed E-state index contributed by atoms with van der Waals surface area (Å²) >= 11 is 3.51. The van der Waals surface area contributed by atoms with Gasteiger partial charge >= 0.3 is 6.61 Å². The van der Waals surface area contributed by atoms with Gasteiger partial charge in [-0.2, -0.15) is 8.78 Å². The third-order valence-electron chi connectivity index (χ3n) is 4.31. The van der Waals surface area contributed by atoms with Gasteiger partial charge in [0.25, 0.3) is 0 Å². The number of benzene rings is 2. The molecular formula is C19H21BrF2N2O. The van der Waals surface area contributed by atoms with Gasteiger partial charge in [0.2, 0.25) is 0 Å². The molecule has 0 radical (unpaired) electrons. The number of ether oxygens (including phenoxy) is 1. The highest BCUT2D eigenvalue weighted by Gasteiger charge is 2.17. The fraction of sp³-hybridized carbons (Fsp3) is 0.368. The maximum absolute atomic E-state index is 12.2. The standard InChI is InChI=1S/C19H21BrF2N2O/c20-17-3-1-2-16(12-17)14-24-10-8-23(9-11-24)13-15-4-6-18(7-5-15)25-19(21)22/h1-7,12,19H,8-11,13-14H2. The van der Waals surface area contributed by atoms with Gasteiger partial charge in [0.1, 0.15) is 5.75 Å². The van der Waals surface area contributed by atoms with Crippen LogP contribution in [-0.2, 0) is 13.1 Å². The Hall–Kier alpha value is -1.50. The van der Waals surface area contributed by atoms with Crippen molar-refractivity contribution in [2.75, 3.05) is 26.2 Å². The van der Waals surface area contributed by atoms with Gasteiger partial charge in [-0.1, -0.05) is 40.2 Å².